The van der Waals surface area contributed by atoms with Crippen molar-refractivity contribution in [3.05, 3.63) is 77.5 Å². The fourth-order valence-corrected chi connectivity index (χ4v) is 3.89. The van der Waals surface area contributed by atoms with Gasteiger partial charge >= 0.3 is 0 Å². The summed E-state index contributed by atoms with van der Waals surface area (Å²) in [6.07, 6.45) is 7.09. The normalized spacial score (nSPS) is 14.2. The average Bonchev–Trinajstić information content (AvgIpc) is 2.78. The zero-order valence-electron chi connectivity index (χ0n) is 16.9. The minimum atomic E-state index is 0.230. The molecule has 0 unspecified atom stereocenters. The third kappa shape index (κ3) is 4.38. The minimum Gasteiger partial charge on any atom is -0.396 e. The Balaban J connectivity index is 1.72. The standard InChI is InChI=1S/C25H27N3O/c1-2-18-14-15-21(17-20(18)11-8-16-29)26-25-22-12-6-7-13-23(22)27-24(28-25)19-9-4-3-5-10-19/h3-7,9-10,12-13,17,29H,2,8,11,14-16H2,1H3,(H,26,27,28). The van der Waals surface area contributed by atoms with Crippen LogP contribution < -0.4 is 5.32 Å². The molecule has 0 fully saturated rings. The summed E-state index contributed by atoms with van der Waals surface area (Å²) >= 11 is 0. The van der Waals surface area contributed by atoms with E-state index in [0.29, 0.717) is 0 Å². The van der Waals surface area contributed by atoms with Crippen molar-refractivity contribution in [2.75, 3.05) is 11.9 Å². The van der Waals surface area contributed by atoms with Crippen LogP contribution in [-0.2, 0) is 0 Å². The summed E-state index contributed by atoms with van der Waals surface area (Å²) in [6.45, 7) is 2.44. The van der Waals surface area contributed by atoms with E-state index in [1.807, 2.05) is 48.5 Å². The van der Waals surface area contributed by atoms with Crippen LogP contribution in [0, 0.1) is 0 Å². The number of hydrogen-bond donors (Lipinski definition) is 2. The number of hydrogen-bond acceptors (Lipinski definition) is 4. The number of para-hydroxylation sites is 1. The first-order chi connectivity index (χ1) is 14.3. The van der Waals surface area contributed by atoms with Gasteiger partial charge in [-0.2, -0.15) is 0 Å². The molecule has 0 saturated carbocycles. The van der Waals surface area contributed by atoms with Crippen molar-refractivity contribution in [2.45, 2.75) is 39.0 Å². The molecule has 2 aromatic carbocycles. The number of allylic oxidation sites excluding steroid dienone is 4. The SMILES string of the molecule is CCC1=C(CCCO)C=C(Nc2nc(-c3ccccc3)nc3ccccc23)CC1. The third-order valence-corrected chi connectivity index (χ3v) is 5.44. The van der Waals surface area contributed by atoms with E-state index in [1.54, 1.807) is 0 Å². The van der Waals surface area contributed by atoms with E-state index in [4.69, 9.17) is 9.97 Å². The van der Waals surface area contributed by atoms with Gasteiger partial charge in [-0.05, 0) is 55.9 Å². The van der Waals surface area contributed by atoms with Gasteiger partial charge in [-0.1, -0.05) is 55.0 Å². The van der Waals surface area contributed by atoms with Crippen molar-refractivity contribution in [2.24, 2.45) is 0 Å². The molecule has 0 aliphatic heterocycles. The maximum absolute atomic E-state index is 9.24. The predicted octanol–water partition coefficient (Wildman–Crippen LogP) is 5.87. The van der Waals surface area contributed by atoms with Crippen molar-refractivity contribution in [3.63, 3.8) is 0 Å². The van der Waals surface area contributed by atoms with Gasteiger partial charge in [0.1, 0.15) is 5.82 Å². The molecule has 2 N–H and O–H groups in total. The molecule has 3 aromatic rings. The molecule has 148 valence electrons. The number of anilines is 1. The van der Waals surface area contributed by atoms with Crippen molar-refractivity contribution in [1.82, 2.24) is 9.97 Å². The zero-order chi connectivity index (χ0) is 20.1. The van der Waals surface area contributed by atoms with Crippen LogP contribution in [0.1, 0.15) is 39.0 Å². The number of rotatable bonds is 7. The maximum Gasteiger partial charge on any atom is 0.162 e. The zero-order valence-corrected chi connectivity index (χ0v) is 16.9. The molecule has 0 atom stereocenters. The molecule has 0 radical (unpaired) electrons. The molecule has 0 spiro atoms. The van der Waals surface area contributed by atoms with E-state index in [2.05, 4.69) is 24.4 Å². The number of aromatic nitrogens is 2. The highest BCUT2D eigenvalue weighted by molar-refractivity contribution is 5.91. The Hall–Kier alpha value is -2.98. The van der Waals surface area contributed by atoms with Gasteiger partial charge in [0.15, 0.2) is 5.82 Å². The Bertz CT molecular complexity index is 1050. The summed E-state index contributed by atoms with van der Waals surface area (Å²) in [5.41, 5.74) is 5.98. The fourth-order valence-electron chi connectivity index (χ4n) is 3.89. The van der Waals surface area contributed by atoms with E-state index >= 15 is 0 Å². The summed E-state index contributed by atoms with van der Waals surface area (Å²) in [7, 11) is 0. The number of nitrogens with one attached hydrogen (secondary N) is 1. The fraction of sp³-hybridized carbons (Fsp3) is 0.280. The van der Waals surface area contributed by atoms with Gasteiger partial charge in [-0.25, -0.2) is 9.97 Å². The topological polar surface area (TPSA) is 58.0 Å². The van der Waals surface area contributed by atoms with Crippen LogP contribution in [0.2, 0.25) is 0 Å². The predicted molar refractivity (Wildman–Crippen MR) is 120 cm³/mol. The van der Waals surface area contributed by atoms with Crippen LogP contribution >= 0.6 is 0 Å². The molecular weight excluding hydrogens is 358 g/mol. The van der Waals surface area contributed by atoms with Crippen LogP contribution in [0.15, 0.2) is 77.5 Å². The first-order valence-corrected chi connectivity index (χ1v) is 10.4. The number of benzene rings is 2. The lowest BCUT2D eigenvalue weighted by Crippen LogP contribution is -2.09. The van der Waals surface area contributed by atoms with Crippen LogP contribution in [0.25, 0.3) is 22.3 Å². The van der Waals surface area contributed by atoms with Gasteiger partial charge in [0.25, 0.3) is 0 Å². The molecule has 0 bridgehead atoms. The first kappa shape index (κ1) is 19.3. The van der Waals surface area contributed by atoms with Crippen molar-refractivity contribution in [3.8, 4) is 11.4 Å². The molecule has 0 amide bonds. The van der Waals surface area contributed by atoms with Crippen LogP contribution in [0.5, 0.6) is 0 Å². The highest BCUT2D eigenvalue weighted by Crippen LogP contribution is 2.31. The molecule has 1 aromatic heterocycles. The second kappa shape index (κ2) is 9.01. The quantitative estimate of drug-likeness (QED) is 0.534. The van der Waals surface area contributed by atoms with Gasteiger partial charge < -0.3 is 10.4 Å². The Morgan fingerprint density at radius 2 is 1.76 bits per heavy atom. The first-order valence-electron chi connectivity index (χ1n) is 10.4. The summed E-state index contributed by atoms with van der Waals surface area (Å²) in [6, 6.07) is 18.2. The summed E-state index contributed by atoms with van der Waals surface area (Å²) in [4.78, 5) is 9.64. The molecular formula is C25H27N3O. The van der Waals surface area contributed by atoms with Gasteiger partial charge in [-0.15, -0.1) is 0 Å². The van der Waals surface area contributed by atoms with E-state index in [9.17, 15) is 5.11 Å². The van der Waals surface area contributed by atoms with Gasteiger partial charge in [0, 0.05) is 23.3 Å². The van der Waals surface area contributed by atoms with Crippen LogP contribution in [0.4, 0.5) is 5.82 Å². The summed E-state index contributed by atoms with van der Waals surface area (Å²) in [5, 5.41) is 13.9. The van der Waals surface area contributed by atoms with Crippen molar-refractivity contribution >= 4 is 16.7 Å². The highest BCUT2D eigenvalue weighted by atomic mass is 16.2. The molecule has 1 heterocycles. The minimum absolute atomic E-state index is 0.230. The lowest BCUT2D eigenvalue weighted by molar-refractivity contribution is 0.288. The molecule has 4 rings (SSSR count). The second-order valence-electron chi connectivity index (χ2n) is 7.38. The van der Waals surface area contributed by atoms with Gasteiger partial charge in [0.05, 0.1) is 5.52 Å². The van der Waals surface area contributed by atoms with Gasteiger partial charge in [-0.3, -0.25) is 0 Å². The number of nitrogens with zero attached hydrogens (tertiary/aromatic N) is 2. The second-order valence-corrected chi connectivity index (χ2v) is 7.38. The molecule has 29 heavy (non-hydrogen) atoms. The lowest BCUT2D eigenvalue weighted by atomic mass is 9.91. The third-order valence-electron chi connectivity index (χ3n) is 5.44. The van der Waals surface area contributed by atoms with Crippen molar-refractivity contribution in [1.29, 1.82) is 0 Å². The van der Waals surface area contributed by atoms with E-state index in [1.165, 1.54) is 16.8 Å². The molecule has 1 aliphatic carbocycles. The number of fused-ring (bicyclic) bond motifs is 1. The monoisotopic (exact) mass is 385 g/mol. The van der Waals surface area contributed by atoms with E-state index in [-0.39, 0.29) is 6.61 Å². The van der Waals surface area contributed by atoms with Gasteiger partial charge in [0.2, 0.25) is 0 Å². The Morgan fingerprint density at radius 3 is 2.55 bits per heavy atom. The van der Waals surface area contributed by atoms with Crippen LogP contribution in [0.3, 0.4) is 0 Å². The molecule has 4 nitrogen and oxygen atoms in total. The number of aliphatic hydroxyl groups excluding tert-OH is 1. The lowest BCUT2D eigenvalue weighted by Gasteiger charge is -2.21. The maximum atomic E-state index is 9.24. The summed E-state index contributed by atoms with van der Waals surface area (Å²) in [5.74, 6) is 1.58. The van der Waals surface area contributed by atoms with E-state index < -0.39 is 0 Å². The molecule has 4 heteroatoms. The Labute approximate surface area is 172 Å². The smallest absolute Gasteiger partial charge is 0.162 e. The van der Waals surface area contributed by atoms with Crippen molar-refractivity contribution < 1.29 is 5.11 Å². The molecule has 1 aliphatic rings. The number of aliphatic hydroxyl groups is 1. The summed E-state index contributed by atoms with van der Waals surface area (Å²) < 4.78 is 0. The molecule has 0 saturated heterocycles. The average molecular weight is 386 g/mol. The Kier molecular flexibility index (Phi) is 6.01. The van der Waals surface area contributed by atoms with Crippen LogP contribution in [-0.4, -0.2) is 21.7 Å². The van der Waals surface area contributed by atoms with E-state index in [0.717, 1.165) is 60.2 Å². The Morgan fingerprint density at radius 1 is 0.966 bits per heavy atom. The highest BCUT2D eigenvalue weighted by Gasteiger charge is 2.15. The largest absolute Gasteiger partial charge is 0.396 e.